The number of benzene rings is 1. The number of piperidine rings is 3. The van der Waals surface area contributed by atoms with Gasteiger partial charge in [-0.05, 0) is 67.3 Å². The number of fused-ring (bicyclic) bond motifs is 4. The lowest BCUT2D eigenvalue weighted by Crippen LogP contribution is -2.66. The van der Waals surface area contributed by atoms with Gasteiger partial charge in [0.25, 0.3) is 5.91 Å². The number of nitrogens with one attached hydrogen (secondary N) is 1. The maximum absolute atomic E-state index is 13.1. The van der Waals surface area contributed by atoms with Crippen molar-refractivity contribution in [2.24, 2.45) is 11.8 Å². The third kappa shape index (κ3) is 3.38. The number of carbonyl (C=O) groups is 2. The molecule has 3 saturated heterocycles. The second-order valence-corrected chi connectivity index (χ2v) is 8.93. The molecule has 0 unspecified atom stereocenters. The van der Waals surface area contributed by atoms with Crippen LogP contribution in [0.3, 0.4) is 0 Å². The Morgan fingerprint density at radius 2 is 2.07 bits per heavy atom. The van der Waals surface area contributed by atoms with Crippen molar-refractivity contribution < 1.29 is 14.3 Å². The SMILES string of the molecule is COc1cccc(C[C@H]2[C@H]3C[C@H](CN(C(=O)c4ccc[nH]4)C3)[C@@H]3CCCC(=O)N32)c1. The van der Waals surface area contributed by atoms with Gasteiger partial charge >= 0.3 is 0 Å². The number of aromatic amines is 1. The van der Waals surface area contributed by atoms with Crippen LogP contribution in [0, 0.1) is 11.8 Å². The molecule has 158 valence electrons. The van der Waals surface area contributed by atoms with E-state index in [1.807, 2.05) is 29.2 Å². The van der Waals surface area contributed by atoms with Gasteiger partial charge in [-0.25, -0.2) is 0 Å². The number of aromatic nitrogens is 1. The Morgan fingerprint density at radius 1 is 1.20 bits per heavy atom. The van der Waals surface area contributed by atoms with Gasteiger partial charge in [0, 0.05) is 37.8 Å². The normalized spacial score (nSPS) is 28.2. The number of nitrogens with zero attached hydrogens (tertiary/aromatic N) is 2. The Bertz CT molecular complexity index is 926. The van der Waals surface area contributed by atoms with E-state index in [0.717, 1.165) is 38.0 Å². The van der Waals surface area contributed by atoms with Crippen molar-refractivity contribution in [1.29, 1.82) is 0 Å². The standard InChI is InChI=1S/C24H29N3O3/c1-30-19-6-2-5-16(11-19)12-22-18-13-17(21-8-3-9-23(28)27(21)22)14-26(15-18)24(29)20-7-4-10-25-20/h2,4-7,10-11,17-18,21-22,25H,3,8-9,12-15H2,1H3/t17-,18+,21+,22+/m1/s1. The Labute approximate surface area is 177 Å². The van der Waals surface area contributed by atoms with E-state index in [1.54, 1.807) is 13.3 Å². The van der Waals surface area contributed by atoms with Gasteiger partial charge in [-0.2, -0.15) is 0 Å². The first-order chi connectivity index (χ1) is 14.6. The lowest BCUT2D eigenvalue weighted by Gasteiger charge is -2.56. The first kappa shape index (κ1) is 19.2. The lowest BCUT2D eigenvalue weighted by atomic mass is 9.70. The van der Waals surface area contributed by atoms with Crippen LogP contribution in [0.4, 0.5) is 0 Å². The molecule has 1 N–H and O–H groups in total. The molecule has 3 fully saturated rings. The summed E-state index contributed by atoms with van der Waals surface area (Å²) in [5.41, 5.74) is 1.83. The molecule has 1 aromatic carbocycles. The van der Waals surface area contributed by atoms with Gasteiger partial charge in [-0.3, -0.25) is 9.59 Å². The minimum atomic E-state index is 0.0745. The number of amides is 2. The number of hydrogen-bond donors (Lipinski definition) is 1. The highest BCUT2D eigenvalue weighted by Gasteiger charge is 2.50. The fourth-order valence-corrected chi connectivity index (χ4v) is 5.88. The molecule has 2 bridgehead atoms. The van der Waals surface area contributed by atoms with Crippen LogP contribution in [-0.2, 0) is 11.2 Å². The van der Waals surface area contributed by atoms with E-state index in [9.17, 15) is 9.59 Å². The monoisotopic (exact) mass is 407 g/mol. The van der Waals surface area contributed by atoms with Gasteiger partial charge in [0.15, 0.2) is 0 Å². The van der Waals surface area contributed by atoms with Crippen LogP contribution in [0.5, 0.6) is 5.75 Å². The molecular weight excluding hydrogens is 378 g/mol. The number of carbonyl (C=O) groups excluding carboxylic acids is 2. The summed E-state index contributed by atoms with van der Waals surface area (Å²) >= 11 is 0. The average molecular weight is 408 g/mol. The van der Waals surface area contributed by atoms with Crippen molar-refractivity contribution in [3.8, 4) is 5.75 Å². The fraction of sp³-hybridized carbons (Fsp3) is 0.500. The molecule has 2 aromatic rings. The zero-order chi connectivity index (χ0) is 20.7. The van der Waals surface area contributed by atoms with Crippen molar-refractivity contribution in [3.63, 3.8) is 0 Å². The summed E-state index contributed by atoms with van der Waals surface area (Å²) < 4.78 is 5.41. The second kappa shape index (κ2) is 7.82. The molecule has 6 nitrogen and oxygen atoms in total. The number of ether oxygens (including phenoxy) is 1. The maximum atomic E-state index is 13.1. The van der Waals surface area contributed by atoms with E-state index in [2.05, 4.69) is 22.0 Å². The summed E-state index contributed by atoms with van der Waals surface area (Å²) in [6, 6.07) is 12.2. The largest absolute Gasteiger partial charge is 0.497 e. The van der Waals surface area contributed by atoms with Crippen molar-refractivity contribution in [3.05, 3.63) is 53.9 Å². The third-order valence-electron chi connectivity index (χ3n) is 7.19. The van der Waals surface area contributed by atoms with Crippen LogP contribution >= 0.6 is 0 Å². The minimum Gasteiger partial charge on any atom is -0.497 e. The van der Waals surface area contributed by atoms with Gasteiger partial charge in [-0.15, -0.1) is 0 Å². The van der Waals surface area contributed by atoms with E-state index in [1.165, 1.54) is 5.56 Å². The Balaban J connectivity index is 1.44. The molecular formula is C24H29N3O3. The van der Waals surface area contributed by atoms with Crippen LogP contribution in [0.2, 0.25) is 0 Å². The van der Waals surface area contributed by atoms with Crippen molar-refractivity contribution in [2.75, 3.05) is 20.2 Å². The van der Waals surface area contributed by atoms with Gasteiger partial charge in [0.05, 0.1) is 7.11 Å². The Morgan fingerprint density at radius 3 is 2.87 bits per heavy atom. The number of likely N-dealkylation sites (tertiary alicyclic amines) is 1. The van der Waals surface area contributed by atoms with Crippen LogP contribution in [0.25, 0.3) is 0 Å². The number of rotatable bonds is 4. The predicted molar refractivity (Wildman–Crippen MR) is 113 cm³/mol. The minimum absolute atomic E-state index is 0.0745. The highest BCUT2D eigenvalue weighted by molar-refractivity contribution is 5.92. The van der Waals surface area contributed by atoms with E-state index in [4.69, 9.17) is 4.74 Å². The molecule has 3 aliphatic rings. The first-order valence-electron chi connectivity index (χ1n) is 11.0. The van der Waals surface area contributed by atoms with Gasteiger partial charge in [-0.1, -0.05) is 12.1 Å². The molecule has 3 aliphatic heterocycles. The van der Waals surface area contributed by atoms with Crippen LogP contribution in [0.1, 0.15) is 41.7 Å². The molecule has 5 rings (SSSR count). The highest BCUT2D eigenvalue weighted by Crippen LogP contribution is 2.43. The molecule has 0 saturated carbocycles. The zero-order valence-corrected chi connectivity index (χ0v) is 17.4. The highest BCUT2D eigenvalue weighted by atomic mass is 16.5. The van der Waals surface area contributed by atoms with E-state index in [-0.39, 0.29) is 23.9 Å². The van der Waals surface area contributed by atoms with Gasteiger partial charge < -0.3 is 19.5 Å². The molecule has 0 aliphatic carbocycles. The number of methoxy groups -OCH3 is 1. The molecule has 4 atom stereocenters. The van der Waals surface area contributed by atoms with Crippen molar-refractivity contribution in [2.45, 2.75) is 44.2 Å². The van der Waals surface area contributed by atoms with E-state index < -0.39 is 0 Å². The number of hydrogen-bond acceptors (Lipinski definition) is 3. The first-order valence-corrected chi connectivity index (χ1v) is 11.0. The maximum Gasteiger partial charge on any atom is 0.270 e. The number of H-pyrrole nitrogens is 1. The average Bonchev–Trinajstić information content (AvgIpc) is 3.31. The summed E-state index contributed by atoms with van der Waals surface area (Å²) in [6.07, 6.45) is 6.35. The summed E-state index contributed by atoms with van der Waals surface area (Å²) in [5, 5.41) is 0. The second-order valence-electron chi connectivity index (χ2n) is 8.93. The summed E-state index contributed by atoms with van der Waals surface area (Å²) in [7, 11) is 1.68. The third-order valence-corrected chi connectivity index (χ3v) is 7.19. The summed E-state index contributed by atoms with van der Waals surface area (Å²) in [6.45, 7) is 1.45. The summed E-state index contributed by atoms with van der Waals surface area (Å²) in [5.74, 6) is 1.87. The Kier molecular flexibility index (Phi) is 5.01. The molecule has 2 amide bonds. The molecule has 30 heavy (non-hydrogen) atoms. The van der Waals surface area contributed by atoms with Gasteiger partial charge in [0.2, 0.25) is 5.91 Å². The van der Waals surface area contributed by atoms with Gasteiger partial charge in [0.1, 0.15) is 11.4 Å². The zero-order valence-electron chi connectivity index (χ0n) is 17.4. The molecule has 1 aromatic heterocycles. The molecule has 0 radical (unpaired) electrons. The van der Waals surface area contributed by atoms with Crippen molar-refractivity contribution in [1.82, 2.24) is 14.8 Å². The van der Waals surface area contributed by atoms with E-state index >= 15 is 0 Å². The quantitative estimate of drug-likeness (QED) is 0.847. The lowest BCUT2D eigenvalue weighted by molar-refractivity contribution is -0.151. The molecule has 0 spiro atoms. The van der Waals surface area contributed by atoms with E-state index in [0.29, 0.717) is 30.5 Å². The van der Waals surface area contributed by atoms with Crippen LogP contribution in [-0.4, -0.2) is 58.9 Å². The fourth-order valence-electron chi connectivity index (χ4n) is 5.88. The summed E-state index contributed by atoms with van der Waals surface area (Å²) in [4.78, 5) is 33.3. The van der Waals surface area contributed by atoms with Crippen LogP contribution in [0.15, 0.2) is 42.6 Å². The van der Waals surface area contributed by atoms with Crippen molar-refractivity contribution >= 4 is 11.8 Å². The van der Waals surface area contributed by atoms with Crippen LogP contribution < -0.4 is 4.74 Å². The Hall–Kier alpha value is -2.76. The molecule has 6 heteroatoms. The molecule has 4 heterocycles. The topological polar surface area (TPSA) is 65.6 Å². The predicted octanol–water partition coefficient (Wildman–Crippen LogP) is 3.11. The smallest absolute Gasteiger partial charge is 0.270 e.